The van der Waals surface area contributed by atoms with Gasteiger partial charge in [-0.05, 0) is 51.9 Å². The molecule has 0 bridgehead atoms. The lowest BCUT2D eigenvalue weighted by molar-refractivity contribution is -0.148. The van der Waals surface area contributed by atoms with Crippen LogP contribution in [0.5, 0.6) is 0 Å². The minimum atomic E-state index is -0.362. The summed E-state index contributed by atoms with van der Waals surface area (Å²) in [6.45, 7) is 6.09. The first-order valence-electron chi connectivity index (χ1n) is 10.6. The molecule has 0 saturated carbocycles. The van der Waals surface area contributed by atoms with Gasteiger partial charge >= 0.3 is 11.9 Å². The molecule has 0 heterocycles. The van der Waals surface area contributed by atoms with Gasteiger partial charge in [0.2, 0.25) is 5.91 Å². The molecule has 2 atom stereocenters. The fourth-order valence-corrected chi connectivity index (χ4v) is 3.09. The maximum Gasteiger partial charge on any atom is 0.332 e. The van der Waals surface area contributed by atoms with Crippen molar-refractivity contribution in [3.8, 4) is 0 Å². The summed E-state index contributed by atoms with van der Waals surface area (Å²) in [6, 6.07) is 0. The molecule has 1 amide bonds. The molecule has 164 valence electrons. The van der Waals surface area contributed by atoms with E-state index in [1.54, 1.807) is 6.92 Å². The zero-order valence-electron chi connectivity index (χ0n) is 17.9. The van der Waals surface area contributed by atoms with Crippen LogP contribution in [0.25, 0.3) is 0 Å². The molecule has 0 saturated heterocycles. The number of hydrogen-bond acceptors (Lipinski definition) is 6. The van der Waals surface area contributed by atoms with Crippen molar-refractivity contribution in [1.82, 2.24) is 0 Å². The molecule has 0 aliphatic heterocycles. The second-order valence-electron chi connectivity index (χ2n) is 7.11. The first-order valence-corrected chi connectivity index (χ1v) is 10.6. The molecule has 0 fully saturated rings. The van der Waals surface area contributed by atoms with Crippen LogP contribution in [0, 0.1) is 5.92 Å². The normalized spacial score (nSPS) is 13.0. The van der Waals surface area contributed by atoms with Gasteiger partial charge in [-0.1, -0.05) is 26.2 Å². The number of rotatable bonds is 18. The highest BCUT2D eigenvalue weighted by molar-refractivity contribution is 5.76. The summed E-state index contributed by atoms with van der Waals surface area (Å²) < 4.78 is 15.4. The summed E-state index contributed by atoms with van der Waals surface area (Å²) >= 11 is 0. The van der Waals surface area contributed by atoms with Gasteiger partial charge in [0, 0.05) is 19.4 Å². The number of amides is 1. The molecule has 2 unspecified atom stereocenters. The SMILES string of the molecule is CCCCCC(CCCC(CCCCOCC(=O)OCC)C(N)=O)OC(C)=O. The van der Waals surface area contributed by atoms with Crippen molar-refractivity contribution in [3.05, 3.63) is 0 Å². The third-order valence-electron chi connectivity index (χ3n) is 4.56. The second-order valence-corrected chi connectivity index (χ2v) is 7.11. The van der Waals surface area contributed by atoms with Crippen molar-refractivity contribution in [3.63, 3.8) is 0 Å². The lowest BCUT2D eigenvalue weighted by Gasteiger charge is -2.18. The smallest absolute Gasteiger partial charge is 0.332 e. The van der Waals surface area contributed by atoms with Crippen LogP contribution in [0.1, 0.15) is 85.0 Å². The van der Waals surface area contributed by atoms with E-state index in [9.17, 15) is 14.4 Å². The van der Waals surface area contributed by atoms with E-state index in [1.807, 2.05) is 0 Å². The molecule has 7 heteroatoms. The van der Waals surface area contributed by atoms with Gasteiger partial charge in [0.1, 0.15) is 12.7 Å². The molecular weight excluding hydrogens is 362 g/mol. The quantitative estimate of drug-likeness (QED) is 0.278. The molecule has 0 radical (unpaired) electrons. The number of ether oxygens (including phenoxy) is 3. The molecule has 0 rings (SSSR count). The van der Waals surface area contributed by atoms with Crippen LogP contribution in [0.15, 0.2) is 0 Å². The molecule has 7 nitrogen and oxygen atoms in total. The minimum Gasteiger partial charge on any atom is -0.464 e. The Morgan fingerprint density at radius 3 is 2.14 bits per heavy atom. The Labute approximate surface area is 169 Å². The molecule has 0 aliphatic carbocycles. The van der Waals surface area contributed by atoms with Crippen molar-refractivity contribution >= 4 is 17.8 Å². The van der Waals surface area contributed by atoms with Crippen LogP contribution >= 0.6 is 0 Å². The lowest BCUT2D eigenvalue weighted by Crippen LogP contribution is -2.24. The largest absolute Gasteiger partial charge is 0.464 e. The van der Waals surface area contributed by atoms with Gasteiger partial charge in [0.25, 0.3) is 0 Å². The van der Waals surface area contributed by atoms with Crippen molar-refractivity contribution < 1.29 is 28.6 Å². The predicted octanol–water partition coefficient (Wildman–Crippen LogP) is 3.52. The number of esters is 2. The number of hydrogen-bond donors (Lipinski definition) is 1. The summed E-state index contributed by atoms with van der Waals surface area (Å²) in [7, 11) is 0. The molecule has 0 aromatic heterocycles. The summed E-state index contributed by atoms with van der Waals surface area (Å²) in [4.78, 5) is 34.1. The van der Waals surface area contributed by atoms with E-state index in [4.69, 9.17) is 19.9 Å². The van der Waals surface area contributed by atoms with Gasteiger partial charge in [0.05, 0.1) is 6.61 Å². The third-order valence-corrected chi connectivity index (χ3v) is 4.56. The number of unbranched alkanes of at least 4 members (excludes halogenated alkanes) is 3. The summed E-state index contributed by atoms with van der Waals surface area (Å²) in [6.07, 6.45) is 8.61. The maximum absolute atomic E-state index is 11.7. The van der Waals surface area contributed by atoms with Gasteiger partial charge < -0.3 is 19.9 Å². The molecule has 0 aromatic rings. The van der Waals surface area contributed by atoms with Gasteiger partial charge in [-0.25, -0.2) is 4.79 Å². The Balaban J connectivity index is 4.06. The third kappa shape index (κ3) is 15.4. The van der Waals surface area contributed by atoms with Crippen molar-refractivity contribution in [2.75, 3.05) is 19.8 Å². The number of nitrogens with two attached hydrogens (primary N) is 1. The zero-order valence-corrected chi connectivity index (χ0v) is 17.9. The fraction of sp³-hybridized carbons (Fsp3) is 0.857. The summed E-state index contributed by atoms with van der Waals surface area (Å²) in [5.74, 6) is -1.09. The fourth-order valence-electron chi connectivity index (χ4n) is 3.09. The highest BCUT2D eigenvalue weighted by Gasteiger charge is 2.17. The number of carbonyl (C=O) groups is 3. The highest BCUT2D eigenvalue weighted by Crippen LogP contribution is 2.20. The van der Waals surface area contributed by atoms with Gasteiger partial charge in [-0.2, -0.15) is 0 Å². The van der Waals surface area contributed by atoms with E-state index in [-0.39, 0.29) is 36.5 Å². The van der Waals surface area contributed by atoms with Crippen molar-refractivity contribution in [1.29, 1.82) is 0 Å². The topological polar surface area (TPSA) is 105 Å². The van der Waals surface area contributed by atoms with Crippen molar-refractivity contribution in [2.24, 2.45) is 11.7 Å². The monoisotopic (exact) mass is 401 g/mol. The Hall–Kier alpha value is -1.63. The molecule has 0 aromatic carbocycles. The Kier molecular flexibility index (Phi) is 16.5. The summed E-state index contributed by atoms with van der Waals surface area (Å²) in [5.41, 5.74) is 5.53. The number of primary amides is 1. The van der Waals surface area contributed by atoms with E-state index in [2.05, 4.69) is 6.92 Å². The van der Waals surface area contributed by atoms with Crippen LogP contribution in [0.2, 0.25) is 0 Å². The predicted molar refractivity (Wildman–Crippen MR) is 108 cm³/mol. The van der Waals surface area contributed by atoms with Crippen LogP contribution in [0.3, 0.4) is 0 Å². The van der Waals surface area contributed by atoms with Gasteiger partial charge in [0.15, 0.2) is 0 Å². The van der Waals surface area contributed by atoms with E-state index in [0.717, 1.165) is 51.4 Å². The Morgan fingerprint density at radius 2 is 1.54 bits per heavy atom. The van der Waals surface area contributed by atoms with Gasteiger partial charge in [-0.3, -0.25) is 9.59 Å². The van der Waals surface area contributed by atoms with Crippen LogP contribution in [0.4, 0.5) is 0 Å². The molecular formula is C21H39NO6. The highest BCUT2D eigenvalue weighted by atomic mass is 16.6. The molecule has 28 heavy (non-hydrogen) atoms. The van der Waals surface area contributed by atoms with Crippen LogP contribution < -0.4 is 5.73 Å². The average Bonchev–Trinajstić information content (AvgIpc) is 2.62. The molecule has 2 N–H and O–H groups in total. The van der Waals surface area contributed by atoms with E-state index >= 15 is 0 Å². The number of carbonyl (C=O) groups excluding carboxylic acids is 3. The lowest BCUT2D eigenvalue weighted by atomic mass is 9.93. The average molecular weight is 402 g/mol. The van der Waals surface area contributed by atoms with Crippen molar-refractivity contribution in [2.45, 2.75) is 91.1 Å². The summed E-state index contributed by atoms with van der Waals surface area (Å²) in [5, 5.41) is 0. The van der Waals surface area contributed by atoms with E-state index in [0.29, 0.717) is 26.1 Å². The first kappa shape index (κ1) is 26.4. The molecule has 0 spiro atoms. The minimum absolute atomic E-state index is 0.0390. The zero-order chi connectivity index (χ0) is 21.2. The first-order chi connectivity index (χ1) is 13.4. The standard InChI is InChI=1S/C21H39NO6/c1-4-6-7-13-19(28-17(3)23)14-10-12-18(21(22)25)11-8-9-15-26-16-20(24)27-5-2/h18-19H,4-16H2,1-3H3,(H2,22,25). The Morgan fingerprint density at radius 1 is 0.893 bits per heavy atom. The second kappa shape index (κ2) is 17.5. The van der Waals surface area contributed by atoms with Gasteiger partial charge in [-0.15, -0.1) is 0 Å². The van der Waals surface area contributed by atoms with Crippen LogP contribution in [-0.2, 0) is 28.6 Å². The molecule has 0 aliphatic rings. The Bertz CT molecular complexity index is 441. The van der Waals surface area contributed by atoms with E-state index < -0.39 is 0 Å². The van der Waals surface area contributed by atoms with E-state index in [1.165, 1.54) is 6.92 Å². The van der Waals surface area contributed by atoms with Crippen LogP contribution in [-0.4, -0.2) is 43.8 Å². The maximum atomic E-state index is 11.7.